The molecule has 0 spiro atoms. The first-order valence-corrected chi connectivity index (χ1v) is 6.55. The molecule has 0 aliphatic rings. The van der Waals surface area contributed by atoms with Gasteiger partial charge in [0.2, 0.25) is 5.91 Å². The van der Waals surface area contributed by atoms with Crippen molar-refractivity contribution in [1.29, 1.82) is 0 Å². The summed E-state index contributed by atoms with van der Waals surface area (Å²) in [5, 5.41) is 0. The molecule has 0 aliphatic heterocycles. The molecule has 1 atom stereocenters. The number of hydrogen-bond acceptors (Lipinski definition) is 2. The normalized spacial score (nSPS) is 12.2. The molecular formula is C15H24N2O. The van der Waals surface area contributed by atoms with Gasteiger partial charge in [0.05, 0.1) is 0 Å². The molecule has 0 aliphatic carbocycles. The number of hydrogen-bond donors (Lipinski definition) is 1. The maximum absolute atomic E-state index is 12.0. The van der Waals surface area contributed by atoms with Gasteiger partial charge in [0, 0.05) is 19.5 Å². The van der Waals surface area contributed by atoms with Crippen LogP contribution < -0.4 is 5.73 Å². The lowest BCUT2D eigenvalue weighted by Crippen LogP contribution is -2.34. The number of likely N-dealkylation sites (N-methyl/N-ethyl adjacent to an activating group) is 1. The Hall–Kier alpha value is -1.35. The minimum atomic E-state index is 0.0255. The number of nitrogens with two attached hydrogens (primary N) is 1. The van der Waals surface area contributed by atoms with E-state index in [4.69, 9.17) is 5.73 Å². The number of carbonyl (C=O) groups excluding carboxylic acids is 1. The lowest BCUT2D eigenvalue weighted by atomic mass is 10.1. The van der Waals surface area contributed by atoms with Crippen LogP contribution in [0.1, 0.15) is 24.5 Å². The molecule has 100 valence electrons. The predicted octanol–water partition coefficient (Wildman–Crippen LogP) is 1.98. The maximum atomic E-state index is 12.0. The number of carbonyl (C=O) groups is 1. The highest BCUT2D eigenvalue weighted by Gasteiger charge is 2.16. The number of benzene rings is 1. The molecule has 1 aromatic rings. The Bertz CT molecular complexity index is 390. The Labute approximate surface area is 110 Å². The van der Waals surface area contributed by atoms with Crippen LogP contribution in [0.3, 0.4) is 0 Å². The predicted molar refractivity (Wildman–Crippen MR) is 75.4 cm³/mol. The molecule has 2 N–H and O–H groups in total. The Balaban J connectivity index is 2.45. The number of rotatable bonds is 6. The fourth-order valence-corrected chi connectivity index (χ4v) is 2.02. The van der Waals surface area contributed by atoms with Crippen LogP contribution in [0.5, 0.6) is 0 Å². The second-order valence-corrected chi connectivity index (χ2v) is 4.98. The van der Waals surface area contributed by atoms with Crippen molar-refractivity contribution in [3.8, 4) is 0 Å². The third-order valence-corrected chi connectivity index (χ3v) is 3.22. The molecule has 0 radical (unpaired) electrons. The largest absolute Gasteiger partial charge is 0.345 e. The zero-order chi connectivity index (χ0) is 13.5. The first kappa shape index (κ1) is 14.7. The Morgan fingerprint density at radius 3 is 2.78 bits per heavy atom. The molecule has 0 saturated carbocycles. The van der Waals surface area contributed by atoms with E-state index in [2.05, 4.69) is 31.2 Å². The molecule has 0 aromatic heterocycles. The van der Waals surface area contributed by atoms with E-state index in [9.17, 15) is 4.79 Å². The Morgan fingerprint density at radius 2 is 2.17 bits per heavy atom. The summed E-state index contributed by atoms with van der Waals surface area (Å²) in [5.41, 5.74) is 8.02. The van der Waals surface area contributed by atoms with E-state index in [1.165, 1.54) is 11.1 Å². The van der Waals surface area contributed by atoms with Crippen LogP contribution in [0, 0.1) is 12.8 Å². The van der Waals surface area contributed by atoms with Crippen LogP contribution in [0.15, 0.2) is 24.3 Å². The van der Waals surface area contributed by atoms with Crippen molar-refractivity contribution in [3.63, 3.8) is 0 Å². The molecule has 0 saturated heterocycles. The highest BCUT2D eigenvalue weighted by Crippen LogP contribution is 2.08. The van der Waals surface area contributed by atoms with Gasteiger partial charge in [-0.05, 0) is 31.9 Å². The monoisotopic (exact) mass is 248 g/mol. The van der Waals surface area contributed by atoms with Crippen molar-refractivity contribution >= 4 is 5.91 Å². The van der Waals surface area contributed by atoms with E-state index in [0.29, 0.717) is 6.54 Å². The summed E-state index contributed by atoms with van der Waals surface area (Å²) in [5.74, 6) is 0.214. The van der Waals surface area contributed by atoms with E-state index < -0.39 is 0 Å². The van der Waals surface area contributed by atoms with E-state index in [1.54, 1.807) is 0 Å². The molecule has 1 aromatic carbocycles. The number of aryl methyl sites for hydroxylation is 1. The molecular weight excluding hydrogens is 224 g/mol. The van der Waals surface area contributed by atoms with E-state index in [-0.39, 0.29) is 11.8 Å². The summed E-state index contributed by atoms with van der Waals surface area (Å²) in [7, 11) is 1.87. The summed E-state index contributed by atoms with van der Waals surface area (Å²) >= 11 is 0. The van der Waals surface area contributed by atoms with Gasteiger partial charge in [0.1, 0.15) is 0 Å². The Morgan fingerprint density at radius 1 is 1.44 bits per heavy atom. The SMILES string of the molecule is Cc1cccc(CCN(C)C(=O)C(C)CCN)c1. The summed E-state index contributed by atoms with van der Waals surface area (Å²) in [6, 6.07) is 8.42. The minimum absolute atomic E-state index is 0.0255. The van der Waals surface area contributed by atoms with Gasteiger partial charge in [-0.15, -0.1) is 0 Å². The van der Waals surface area contributed by atoms with Crippen molar-refractivity contribution < 1.29 is 4.79 Å². The first-order valence-electron chi connectivity index (χ1n) is 6.55. The lowest BCUT2D eigenvalue weighted by molar-refractivity contribution is -0.133. The van der Waals surface area contributed by atoms with Gasteiger partial charge in [-0.1, -0.05) is 36.8 Å². The molecule has 0 fully saturated rings. The van der Waals surface area contributed by atoms with E-state index >= 15 is 0 Å². The van der Waals surface area contributed by atoms with Gasteiger partial charge in [-0.3, -0.25) is 4.79 Å². The summed E-state index contributed by atoms with van der Waals surface area (Å²) in [6.07, 6.45) is 1.66. The zero-order valence-electron chi connectivity index (χ0n) is 11.6. The van der Waals surface area contributed by atoms with Crippen LogP contribution in [0.2, 0.25) is 0 Å². The summed E-state index contributed by atoms with van der Waals surface area (Å²) in [4.78, 5) is 13.8. The molecule has 18 heavy (non-hydrogen) atoms. The van der Waals surface area contributed by atoms with Crippen LogP contribution in [-0.4, -0.2) is 30.9 Å². The fraction of sp³-hybridized carbons (Fsp3) is 0.533. The average molecular weight is 248 g/mol. The van der Waals surface area contributed by atoms with Gasteiger partial charge in [0.25, 0.3) is 0 Å². The van der Waals surface area contributed by atoms with Crippen molar-refractivity contribution in [2.45, 2.75) is 26.7 Å². The molecule has 1 unspecified atom stereocenters. The molecule has 3 heteroatoms. The smallest absolute Gasteiger partial charge is 0.225 e. The molecule has 3 nitrogen and oxygen atoms in total. The third kappa shape index (κ3) is 4.49. The van der Waals surface area contributed by atoms with Crippen molar-refractivity contribution in [1.82, 2.24) is 4.90 Å². The first-order chi connectivity index (χ1) is 8.54. The maximum Gasteiger partial charge on any atom is 0.225 e. The van der Waals surface area contributed by atoms with Gasteiger partial charge in [-0.2, -0.15) is 0 Å². The molecule has 0 bridgehead atoms. The van der Waals surface area contributed by atoms with Gasteiger partial charge >= 0.3 is 0 Å². The zero-order valence-corrected chi connectivity index (χ0v) is 11.6. The van der Waals surface area contributed by atoms with Gasteiger partial charge in [0.15, 0.2) is 0 Å². The van der Waals surface area contributed by atoms with E-state index in [1.807, 2.05) is 18.9 Å². The fourth-order valence-electron chi connectivity index (χ4n) is 2.02. The van der Waals surface area contributed by atoms with Crippen LogP contribution in [0.25, 0.3) is 0 Å². The summed E-state index contributed by atoms with van der Waals surface area (Å²) in [6.45, 7) is 5.36. The lowest BCUT2D eigenvalue weighted by Gasteiger charge is -2.21. The topological polar surface area (TPSA) is 46.3 Å². The number of nitrogens with zero attached hydrogens (tertiary/aromatic N) is 1. The molecule has 1 amide bonds. The standard InChI is InChI=1S/C15H24N2O/c1-12-5-4-6-14(11-12)8-10-17(3)15(18)13(2)7-9-16/h4-6,11,13H,7-10,16H2,1-3H3. The molecule has 1 rings (SSSR count). The van der Waals surface area contributed by atoms with E-state index in [0.717, 1.165) is 19.4 Å². The highest BCUT2D eigenvalue weighted by atomic mass is 16.2. The summed E-state index contributed by atoms with van der Waals surface area (Å²) < 4.78 is 0. The highest BCUT2D eigenvalue weighted by molar-refractivity contribution is 5.78. The van der Waals surface area contributed by atoms with Crippen LogP contribution >= 0.6 is 0 Å². The number of amides is 1. The van der Waals surface area contributed by atoms with Crippen molar-refractivity contribution in [3.05, 3.63) is 35.4 Å². The quantitative estimate of drug-likeness (QED) is 0.836. The van der Waals surface area contributed by atoms with Crippen LogP contribution in [-0.2, 0) is 11.2 Å². The van der Waals surface area contributed by atoms with Gasteiger partial charge in [-0.25, -0.2) is 0 Å². The van der Waals surface area contributed by atoms with Crippen LogP contribution in [0.4, 0.5) is 0 Å². The minimum Gasteiger partial charge on any atom is -0.345 e. The van der Waals surface area contributed by atoms with Gasteiger partial charge < -0.3 is 10.6 Å². The Kier molecular flexibility index (Phi) is 5.86. The molecule has 0 heterocycles. The van der Waals surface area contributed by atoms with Crippen molar-refractivity contribution in [2.24, 2.45) is 11.7 Å². The average Bonchev–Trinajstić information content (AvgIpc) is 2.35. The third-order valence-electron chi connectivity index (χ3n) is 3.22. The van der Waals surface area contributed by atoms with Crippen molar-refractivity contribution in [2.75, 3.05) is 20.1 Å². The second-order valence-electron chi connectivity index (χ2n) is 4.98. The second kappa shape index (κ2) is 7.17.